The summed E-state index contributed by atoms with van der Waals surface area (Å²) in [5.41, 5.74) is 2.29. The maximum Gasteiger partial charge on any atom is 0.0637 e. The molecule has 4 nitrogen and oxygen atoms in total. The van der Waals surface area contributed by atoms with E-state index in [-0.39, 0.29) is 0 Å². The summed E-state index contributed by atoms with van der Waals surface area (Å²) in [6, 6.07) is 4.73. The molecule has 4 heteroatoms. The average molecular weight is 251 g/mol. The van der Waals surface area contributed by atoms with Crippen molar-refractivity contribution in [1.82, 2.24) is 10.3 Å². The first kappa shape index (κ1) is 14.9. The van der Waals surface area contributed by atoms with E-state index in [9.17, 15) is 0 Å². The Morgan fingerprint density at radius 1 is 1.50 bits per heavy atom. The molecule has 1 aromatic rings. The van der Waals surface area contributed by atoms with E-state index in [1.165, 1.54) is 5.69 Å². The van der Waals surface area contributed by atoms with Crippen molar-refractivity contribution >= 4 is 5.69 Å². The second-order valence-corrected chi connectivity index (χ2v) is 4.48. The molecule has 0 amide bonds. The van der Waals surface area contributed by atoms with E-state index >= 15 is 0 Å². The van der Waals surface area contributed by atoms with Gasteiger partial charge in [0.05, 0.1) is 12.3 Å². The minimum absolute atomic E-state index is 0.505. The summed E-state index contributed by atoms with van der Waals surface area (Å²) in [5.74, 6) is 0. The highest BCUT2D eigenvalue weighted by Crippen LogP contribution is 2.18. The number of ether oxygens (including phenoxy) is 1. The molecule has 0 fully saturated rings. The van der Waals surface area contributed by atoms with Gasteiger partial charge in [-0.05, 0) is 32.5 Å². The predicted molar refractivity (Wildman–Crippen MR) is 76.0 cm³/mol. The van der Waals surface area contributed by atoms with Crippen LogP contribution in [0, 0.1) is 0 Å². The van der Waals surface area contributed by atoms with Gasteiger partial charge < -0.3 is 15.0 Å². The van der Waals surface area contributed by atoms with Gasteiger partial charge in [-0.2, -0.15) is 0 Å². The SMILES string of the molecule is CCC(C)N(CCOC)c1ccnc(CNC)c1. The maximum absolute atomic E-state index is 5.20. The number of rotatable bonds is 8. The molecule has 1 aromatic heterocycles. The number of hydrogen-bond donors (Lipinski definition) is 1. The van der Waals surface area contributed by atoms with Gasteiger partial charge in [-0.3, -0.25) is 4.98 Å². The van der Waals surface area contributed by atoms with E-state index in [1.54, 1.807) is 7.11 Å². The van der Waals surface area contributed by atoms with Gasteiger partial charge in [0.1, 0.15) is 0 Å². The van der Waals surface area contributed by atoms with Crippen LogP contribution in [0.3, 0.4) is 0 Å². The summed E-state index contributed by atoms with van der Waals surface area (Å²) in [5, 5.41) is 3.13. The topological polar surface area (TPSA) is 37.4 Å². The minimum Gasteiger partial charge on any atom is -0.383 e. The first-order chi connectivity index (χ1) is 8.72. The molecular weight excluding hydrogens is 226 g/mol. The molecule has 0 aromatic carbocycles. The van der Waals surface area contributed by atoms with Crippen molar-refractivity contribution in [3.05, 3.63) is 24.0 Å². The zero-order valence-electron chi connectivity index (χ0n) is 11.9. The van der Waals surface area contributed by atoms with Gasteiger partial charge in [0.25, 0.3) is 0 Å². The van der Waals surface area contributed by atoms with Crippen molar-refractivity contribution in [2.75, 3.05) is 32.2 Å². The largest absolute Gasteiger partial charge is 0.383 e. The molecule has 1 atom stereocenters. The first-order valence-corrected chi connectivity index (χ1v) is 6.58. The standard InChI is InChI=1S/C14H25N3O/c1-5-12(2)17(8-9-18-4)14-6-7-16-13(10-14)11-15-3/h6-7,10,12,15H,5,8-9,11H2,1-4H3. The molecule has 1 N–H and O–H groups in total. The van der Waals surface area contributed by atoms with E-state index in [4.69, 9.17) is 4.74 Å². The molecule has 0 bridgehead atoms. The first-order valence-electron chi connectivity index (χ1n) is 6.58. The van der Waals surface area contributed by atoms with Crippen molar-refractivity contribution in [3.8, 4) is 0 Å². The Bertz CT molecular complexity index is 344. The van der Waals surface area contributed by atoms with Crippen molar-refractivity contribution in [2.24, 2.45) is 0 Å². The molecule has 1 unspecified atom stereocenters. The summed E-state index contributed by atoms with van der Waals surface area (Å²) in [7, 11) is 3.68. The third-order valence-electron chi connectivity index (χ3n) is 3.15. The minimum atomic E-state index is 0.505. The molecule has 0 saturated heterocycles. The van der Waals surface area contributed by atoms with E-state index in [0.29, 0.717) is 6.04 Å². The monoisotopic (exact) mass is 251 g/mol. The van der Waals surface area contributed by atoms with Crippen LogP contribution in [-0.2, 0) is 11.3 Å². The molecule has 1 heterocycles. The Hall–Kier alpha value is -1.13. The molecule has 0 saturated carbocycles. The maximum atomic E-state index is 5.20. The van der Waals surface area contributed by atoms with E-state index in [1.807, 2.05) is 13.2 Å². The van der Waals surface area contributed by atoms with Gasteiger partial charge in [0.15, 0.2) is 0 Å². The number of anilines is 1. The number of nitrogens with one attached hydrogen (secondary N) is 1. The van der Waals surface area contributed by atoms with Crippen LogP contribution < -0.4 is 10.2 Å². The van der Waals surface area contributed by atoms with Crippen LogP contribution in [0.15, 0.2) is 18.3 Å². The van der Waals surface area contributed by atoms with Crippen LogP contribution in [0.2, 0.25) is 0 Å². The molecular formula is C14H25N3O. The molecule has 1 rings (SSSR count). The van der Waals surface area contributed by atoms with Crippen molar-refractivity contribution in [3.63, 3.8) is 0 Å². The Morgan fingerprint density at radius 3 is 2.89 bits per heavy atom. The molecule has 0 aliphatic rings. The molecule has 102 valence electrons. The van der Waals surface area contributed by atoms with Gasteiger partial charge >= 0.3 is 0 Å². The third-order valence-corrected chi connectivity index (χ3v) is 3.15. The fourth-order valence-electron chi connectivity index (χ4n) is 1.94. The Labute approximate surface area is 110 Å². The fourth-order valence-corrected chi connectivity index (χ4v) is 1.94. The smallest absolute Gasteiger partial charge is 0.0637 e. The summed E-state index contributed by atoms with van der Waals surface area (Å²) >= 11 is 0. The van der Waals surface area contributed by atoms with E-state index < -0.39 is 0 Å². The van der Waals surface area contributed by atoms with Crippen molar-refractivity contribution in [1.29, 1.82) is 0 Å². The number of methoxy groups -OCH3 is 1. The van der Waals surface area contributed by atoms with Crippen LogP contribution in [0.25, 0.3) is 0 Å². The molecule has 0 spiro atoms. The van der Waals surface area contributed by atoms with E-state index in [0.717, 1.165) is 31.8 Å². The van der Waals surface area contributed by atoms with Crippen LogP contribution >= 0.6 is 0 Å². The van der Waals surface area contributed by atoms with Crippen molar-refractivity contribution < 1.29 is 4.74 Å². The second-order valence-electron chi connectivity index (χ2n) is 4.48. The highest BCUT2D eigenvalue weighted by molar-refractivity contribution is 5.47. The number of aromatic nitrogens is 1. The number of nitrogens with zero attached hydrogens (tertiary/aromatic N) is 2. The zero-order valence-corrected chi connectivity index (χ0v) is 11.9. The molecule has 0 aliphatic heterocycles. The molecule has 18 heavy (non-hydrogen) atoms. The van der Waals surface area contributed by atoms with Crippen LogP contribution in [0.5, 0.6) is 0 Å². The van der Waals surface area contributed by atoms with Gasteiger partial charge in [0.2, 0.25) is 0 Å². The summed E-state index contributed by atoms with van der Waals surface area (Å²) in [4.78, 5) is 6.74. The summed E-state index contributed by atoms with van der Waals surface area (Å²) in [6.45, 7) is 6.91. The van der Waals surface area contributed by atoms with Crippen LogP contribution in [-0.4, -0.2) is 38.3 Å². The highest BCUT2D eigenvalue weighted by Gasteiger charge is 2.13. The summed E-state index contributed by atoms with van der Waals surface area (Å²) in [6.07, 6.45) is 3.00. The van der Waals surface area contributed by atoms with Crippen LogP contribution in [0.1, 0.15) is 26.0 Å². The lowest BCUT2D eigenvalue weighted by molar-refractivity contribution is 0.203. The Balaban J connectivity index is 2.85. The van der Waals surface area contributed by atoms with Crippen LogP contribution in [0.4, 0.5) is 5.69 Å². The zero-order chi connectivity index (χ0) is 13.4. The quantitative estimate of drug-likeness (QED) is 0.767. The number of hydrogen-bond acceptors (Lipinski definition) is 4. The van der Waals surface area contributed by atoms with Gasteiger partial charge in [0, 0.05) is 38.1 Å². The summed E-state index contributed by atoms with van der Waals surface area (Å²) < 4.78 is 5.20. The fraction of sp³-hybridized carbons (Fsp3) is 0.643. The van der Waals surface area contributed by atoms with E-state index in [2.05, 4.69) is 41.2 Å². The van der Waals surface area contributed by atoms with Gasteiger partial charge in [-0.25, -0.2) is 0 Å². The van der Waals surface area contributed by atoms with Gasteiger partial charge in [-0.1, -0.05) is 6.92 Å². The van der Waals surface area contributed by atoms with Crippen molar-refractivity contribution in [2.45, 2.75) is 32.9 Å². The Morgan fingerprint density at radius 2 is 2.28 bits per heavy atom. The molecule has 0 aliphatic carbocycles. The second kappa shape index (κ2) is 8.06. The average Bonchev–Trinajstić information content (AvgIpc) is 2.39. The van der Waals surface area contributed by atoms with Gasteiger partial charge in [-0.15, -0.1) is 0 Å². The predicted octanol–water partition coefficient (Wildman–Crippen LogP) is 2.05. The lowest BCUT2D eigenvalue weighted by Crippen LogP contribution is -2.35. The Kier molecular flexibility index (Phi) is 6.68. The normalized spacial score (nSPS) is 12.4. The lowest BCUT2D eigenvalue weighted by Gasteiger charge is -2.30. The highest BCUT2D eigenvalue weighted by atomic mass is 16.5. The molecule has 0 radical (unpaired) electrons. The number of pyridine rings is 1. The lowest BCUT2D eigenvalue weighted by atomic mass is 10.2. The third kappa shape index (κ3) is 4.27.